The summed E-state index contributed by atoms with van der Waals surface area (Å²) in [6.45, 7) is 2.40. The second-order valence-corrected chi connectivity index (χ2v) is 9.32. The van der Waals surface area contributed by atoms with E-state index in [1.165, 1.54) is 6.20 Å². The third-order valence-electron chi connectivity index (χ3n) is 6.35. The maximum Gasteiger partial charge on any atom is 0.311 e. The first-order valence-corrected chi connectivity index (χ1v) is 13.2. The average Bonchev–Trinajstić information content (AvgIpc) is 3.03. The third-order valence-corrected chi connectivity index (χ3v) is 6.35. The van der Waals surface area contributed by atoms with Crippen LogP contribution >= 0.6 is 0 Å². The number of nitrogens with one attached hydrogen (secondary N) is 1. The molecule has 0 fully saturated rings. The number of nitrogens with two attached hydrogens (primary N) is 1. The Labute approximate surface area is 245 Å². The summed E-state index contributed by atoms with van der Waals surface area (Å²) in [4.78, 5) is 67.0. The third kappa shape index (κ3) is 8.16. The van der Waals surface area contributed by atoms with Crippen LogP contribution in [0.2, 0.25) is 0 Å². The zero-order valence-corrected chi connectivity index (χ0v) is 23.4. The topological polar surface area (TPSA) is 207 Å². The van der Waals surface area contributed by atoms with Crippen LogP contribution in [0.1, 0.15) is 41.4 Å². The van der Waals surface area contributed by atoms with Crippen LogP contribution in [0, 0.1) is 4.91 Å². The molecule has 2 aromatic heterocycles. The van der Waals surface area contributed by atoms with Crippen LogP contribution in [0.3, 0.4) is 0 Å². The Morgan fingerprint density at radius 1 is 1.02 bits per heavy atom. The second-order valence-electron chi connectivity index (χ2n) is 9.32. The fraction of sp³-hybridized carbons (Fsp3) is 0.250. The fourth-order valence-electron chi connectivity index (χ4n) is 4.03. The quantitative estimate of drug-likeness (QED) is 0.0616. The molecule has 2 heterocycles. The average molecular weight is 585 g/mol. The smallest absolute Gasteiger partial charge is 0.311 e. The highest BCUT2D eigenvalue weighted by molar-refractivity contribution is 5.98. The van der Waals surface area contributed by atoms with Gasteiger partial charge in [0.2, 0.25) is 0 Å². The van der Waals surface area contributed by atoms with Crippen molar-refractivity contribution in [2.45, 2.75) is 38.8 Å². The van der Waals surface area contributed by atoms with Crippen LogP contribution in [0.25, 0.3) is 11.2 Å². The van der Waals surface area contributed by atoms with Gasteiger partial charge in [-0.25, -0.2) is 15.0 Å². The minimum Gasteiger partial charge on any atom is -0.427 e. The van der Waals surface area contributed by atoms with Crippen LogP contribution in [0.5, 0.6) is 5.75 Å². The molecule has 15 nitrogen and oxygen atoms in total. The maximum absolute atomic E-state index is 12.8. The lowest BCUT2D eigenvalue weighted by Crippen LogP contribution is -2.40. The number of aromatic nitrogens is 4. The number of rotatable bonds is 12. The van der Waals surface area contributed by atoms with Crippen LogP contribution in [0.4, 0.5) is 11.6 Å². The highest BCUT2D eigenvalue weighted by Gasteiger charge is 2.24. The van der Waals surface area contributed by atoms with Crippen molar-refractivity contribution in [2.24, 2.45) is 21.4 Å². The number of nitroso groups, excluding NO2 is 1. The van der Waals surface area contributed by atoms with Gasteiger partial charge in [-0.2, -0.15) is 4.98 Å². The Balaban J connectivity index is 1.34. The molecule has 1 atom stereocenters. The minimum absolute atomic E-state index is 0.0763. The molecule has 0 radical (unpaired) electrons. The van der Waals surface area contributed by atoms with Crippen molar-refractivity contribution in [1.29, 1.82) is 0 Å². The van der Waals surface area contributed by atoms with Gasteiger partial charge in [0, 0.05) is 29.9 Å². The first kappa shape index (κ1) is 30.2. The molecule has 3 N–H and O–H groups in total. The number of hydrogen-bond donors (Lipinski definition) is 2. The van der Waals surface area contributed by atoms with E-state index >= 15 is 0 Å². The number of amides is 2. The number of esters is 1. The van der Waals surface area contributed by atoms with E-state index in [0.29, 0.717) is 29.2 Å². The maximum atomic E-state index is 12.8. The summed E-state index contributed by atoms with van der Waals surface area (Å²) in [5.74, 6) is 3.16. The highest BCUT2D eigenvalue weighted by atomic mass is 16.5. The summed E-state index contributed by atoms with van der Waals surface area (Å²) in [6, 6.07) is 12.3. The zero-order chi connectivity index (χ0) is 30.8. The molecule has 0 aliphatic rings. The minimum atomic E-state index is -1.28. The Morgan fingerprint density at radius 3 is 2.44 bits per heavy atom. The van der Waals surface area contributed by atoms with Crippen molar-refractivity contribution in [1.82, 2.24) is 25.3 Å². The van der Waals surface area contributed by atoms with Crippen LogP contribution < -0.4 is 20.8 Å². The molecule has 0 aliphatic carbocycles. The van der Waals surface area contributed by atoms with Crippen molar-refractivity contribution < 1.29 is 19.1 Å². The van der Waals surface area contributed by atoms with Crippen molar-refractivity contribution in [3.05, 3.63) is 82.7 Å². The number of benzene rings is 2. The van der Waals surface area contributed by atoms with E-state index in [1.54, 1.807) is 42.6 Å². The fourth-order valence-corrected chi connectivity index (χ4v) is 4.03. The summed E-state index contributed by atoms with van der Waals surface area (Å²) in [7, 11) is 1.84. The predicted molar refractivity (Wildman–Crippen MR) is 155 cm³/mol. The molecular formula is C28H28N10O5. The number of hydrogen-bond acceptors (Lipinski definition) is 12. The van der Waals surface area contributed by atoms with Gasteiger partial charge >= 0.3 is 11.9 Å². The molecule has 1 unspecified atom stereocenters. The number of anilines is 1. The number of carbonyl (C=O) groups is 3. The Hall–Kier alpha value is -5.73. The van der Waals surface area contributed by atoms with E-state index in [4.69, 9.17) is 10.6 Å². The van der Waals surface area contributed by atoms with E-state index in [-0.39, 0.29) is 24.4 Å². The van der Waals surface area contributed by atoms with Gasteiger partial charge in [0.25, 0.3) is 11.9 Å². The molecule has 0 saturated heterocycles. The molecule has 4 rings (SSSR count). The van der Waals surface area contributed by atoms with Crippen molar-refractivity contribution in [3.63, 3.8) is 0 Å². The molecule has 0 bridgehead atoms. The lowest BCUT2D eigenvalue weighted by atomic mass is 10.1. The number of ether oxygens (including phenoxy) is 1. The molecule has 0 saturated carbocycles. The first-order chi connectivity index (χ1) is 20.8. The first-order valence-electron chi connectivity index (χ1n) is 13.2. The number of carbonyl (C=O) groups excluding carboxylic acids is 3. The Kier molecular flexibility index (Phi) is 10.0. The van der Waals surface area contributed by atoms with Gasteiger partial charge in [-0.1, -0.05) is 29.4 Å². The molecule has 43 heavy (non-hydrogen) atoms. The van der Waals surface area contributed by atoms with Gasteiger partial charge in [-0.3, -0.25) is 14.4 Å². The zero-order valence-electron chi connectivity index (χ0n) is 23.4. The normalized spacial score (nSPS) is 11.7. The van der Waals surface area contributed by atoms with E-state index in [2.05, 4.69) is 40.8 Å². The van der Waals surface area contributed by atoms with Gasteiger partial charge in [-0.05, 0) is 54.8 Å². The standard InChI is InChI=1S/C28H28N10O5/c1-3-17-4-10-21(11-5-17)43-24(39)13-12-22(27(41)36-42)33-26(40)18-6-8-20(9-7-18)38(2)16-19-14-30-25-23(32-19)15-31-28(34-25)35-37-29/h4-11,14-15,22H,3,12-13,16H2,1-2H3,(H,33,40)(H2,29,30,31,34,35). The van der Waals surface area contributed by atoms with Crippen LogP contribution in [-0.2, 0) is 22.6 Å². The largest absolute Gasteiger partial charge is 0.427 e. The molecule has 2 amide bonds. The van der Waals surface area contributed by atoms with Crippen molar-refractivity contribution >= 4 is 40.6 Å². The molecule has 0 spiro atoms. The van der Waals surface area contributed by atoms with E-state index in [9.17, 15) is 19.3 Å². The summed E-state index contributed by atoms with van der Waals surface area (Å²) < 4.78 is 5.28. The van der Waals surface area contributed by atoms with E-state index in [1.807, 2.05) is 31.0 Å². The SMILES string of the molecule is CCc1ccc(OC(=O)CCC(NC(=O)c2ccc(N(C)Cc3cnc4nc(N=NN)ncc4n3)cc2)C(=O)N=O)cc1. The van der Waals surface area contributed by atoms with Gasteiger partial charge < -0.3 is 20.8 Å². The summed E-state index contributed by atoms with van der Waals surface area (Å²) in [6.07, 6.45) is 3.53. The second kappa shape index (κ2) is 14.2. The number of fused-ring (bicyclic) bond motifs is 1. The van der Waals surface area contributed by atoms with E-state index < -0.39 is 23.8 Å². The summed E-state index contributed by atoms with van der Waals surface area (Å²) >= 11 is 0. The van der Waals surface area contributed by atoms with Gasteiger partial charge in [0.15, 0.2) is 5.65 Å². The van der Waals surface area contributed by atoms with Gasteiger partial charge in [0.1, 0.15) is 17.3 Å². The predicted octanol–water partition coefficient (Wildman–Crippen LogP) is 3.35. The summed E-state index contributed by atoms with van der Waals surface area (Å²) in [5.41, 5.74) is 3.57. The Bertz CT molecular complexity index is 1640. The molecule has 15 heteroatoms. The lowest BCUT2D eigenvalue weighted by Gasteiger charge is -2.19. The molecular weight excluding hydrogens is 556 g/mol. The van der Waals surface area contributed by atoms with Gasteiger partial charge in [0.05, 0.1) is 24.6 Å². The molecule has 0 aliphatic heterocycles. The number of aryl methyl sites for hydroxylation is 1. The summed E-state index contributed by atoms with van der Waals surface area (Å²) in [5, 5.41) is 11.6. The molecule has 2 aromatic carbocycles. The van der Waals surface area contributed by atoms with Crippen molar-refractivity contribution in [2.75, 3.05) is 11.9 Å². The van der Waals surface area contributed by atoms with Crippen molar-refractivity contribution in [3.8, 4) is 5.75 Å². The molecule has 4 aromatic rings. The highest BCUT2D eigenvalue weighted by Crippen LogP contribution is 2.18. The van der Waals surface area contributed by atoms with Crippen LogP contribution in [0.15, 0.2) is 76.4 Å². The van der Waals surface area contributed by atoms with Crippen LogP contribution in [-0.4, -0.2) is 50.8 Å². The number of nitrogens with zero attached hydrogens (tertiary/aromatic N) is 8. The molecule has 220 valence electrons. The lowest BCUT2D eigenvalue weighted by molar-refractivity contribution is -0.134. The van der Waals surface area contributed by atoms with E-state index in [0.717, 1.165) is 17.7 Å². The van der Waals surface area contributed by atoms with Gasteiger partial charge in [-0.15, -0.1) is 4.91 Å². The Morgan fingerprint density at radius 2 is 1.77 bits per heavy atom. The monoisotopic (exact) mass is 584 g/mol.